The fourth-order valence-corrected chi connectivity index (χ4v) is 6.66. The Labute approximate surface area is 218 Å². The van der Waals surface area contributed by atoms with Crippen molar-refractivity contribution >= 4 is 17.7 Å². The van der Waals surface area contributed by atoms with Crippen molar-refractivity contribution in [1.29, 1.82) is 0 Å². The molecule has 6 rings (SSSR count). The molecule has 1 aromatic heterocycles. The van der Waals surface area contributed by atoms with Gasteiger partial charge in [-0.05, 0) is 57.6 Å². The van der Waals surface area contributed by atoms with Gasteiger partial charge in [0, 0.05) is 18.6 Å². The first kappa shape index (κ1) is 24.6. The van der Waals surface area contributed by atoms with Gasteiger partial charge < -0.3 is 25.0 Å². The van der Waals surface area contributed by atoms with E-state index in [0.29, 0.717) is 32.3 Å². The number of β-amino-alcohol motifs (C(OH)–C–C–N with tert-alkyl or cyclic N) is 1. The van der Waals surface area contributed by atoms with Gasteiger partial charge in [0.05, 0.1) is 55.5 Å². The number of urea groups is 1. The van der Waals surface area contributed by atoms with Crippen LogP contribution in [0.5, 0.6) is 0 Å². The van der Waals surface area contributed by atoms with Crippen LogP contribution in [0, 0.1) is 0 Å². The lowest BCUT2D eigenvalue weighted by Gasteiger charge is -2.50. The molecular formula is C28H38N6O3. The van der Waals surface area contributed by atoms with E-state index >= 15 is 0 Å². The van der Waals surface area contributed by atoms with Crippen LogP contribution in [0.1, 0.15) is 50.5 Å². The molecule has 4 fully saturated rings. The highest BCUT2D eigenvalue weighted by atomic mass is 16.5. The molecule has 2 saturated carbocycles. The molecule has 0 atom stereocenters. The van der Waals surface area contributed by atoms with Crippen molar-refractivity contribution < 1.29 is 14.6 Å². The van der Waals surface area contributed by atoms with E-state index in [9.17, 15) is 9.90 Å². The summed E-state index contributed by atoms with van der Waals surface area (Å²) >= 11 is 0. The molecule has 3 heterocycles. The predicted molar refractivity (Wildman–Crippen MR) is 142 cm³/mol. The molecule has 9 heteroatoms. The van der Waals surface area contributed by atoms with Gasteiger partial charge in [-0.2, -0.15) is 0 Å². The van der Waals surface area contributed by atoms with Gasteiger partial charge in [-0.3, -0.25) is 4.90 Å². The highest BCUT2D eigenvalue weighted by Crippen LogP contribution is 2.48. The van der Waals surface area contributed by atoms with Crippen LogP contribution < -0.4 is 15.1 Å². The Balaban J connectivity index is 1.26. The maximum absolute atomic E-state index is 13.9. The Morgan fingerprint density at radius 1 is 1.00 bits per heavy atom. The van der Waals surface area contributed by atoms with E-state index in [4.69, 9.17) is 4.74 Å². The van der Waals surface area contributed by atoms with Crippen LogP contribution >= 0.6 is 0 Å². The number of rotatable bonds is 6. The summed E-state index contributed by atoms with van der Waals surface area (Å²) < 4.78 is 5.44. The van der Waals surface area contributed by atoms with Gasteiger partial charge in [-0.15, -0.1) is 0 Å². The third kappa shape index (κ3) is 4.36. The number of benzene rings is 1. The van der Waals surface area contributed by atoms with E-state index in [2.05, 4.69) is 50.5 Å². The zero-order chi connectivity index (χ0) is 25.5. The summed E-state index contributed by atoms with van der Waals surface area (Å²) in [5, 5.41) is 14.7. The lowest BCUT2D eigenvalue weighted by molar-refractivity contribution is -0.0690. The van der Waals surface area contributed by atoms with Gasteiger partial charge in [0.1, 0.15) is 0 Å². The largest absolute Gasteiger partial charge is 0.388 e. The minimum absolute atomic E-state index is 0.0419. The Morgan fingerprint density at radius 2 is 1.68 bits per heavy atom. The molecule has 1 spiro atoms. The Bertz CT molecular complexity index is 1090. The number of hydrogen-bond acceptors (Lipinski definition) is 7. The zero-order valence-electron chi connectivity index (χ0n) is 21.7. The first-order valence-corrected chi connectivity index (χ1v) is 13.7. The van der Waals surface area contributed by atoms with Crippen LogP contribution in [0.25, 0.3) is 0 Å². The van der Waals surface area contributed by atoms with Gasteiger partial charge >= 0.3 is 6.03 Å². The second kappa shape index (κ2) is 9.53. The van der Waals surface area contributed by atoms with Crippen molar-refractivity contribution in [3.8, 4) is 0 Å². The molecule has 0 bridgehead atoms. The Morgan fingerprint density at radius 3 is 2.27 bits per heavy atom. The molecule has 2 amide bonds. The normalized spacial score (nSPS) is 29.6. The van der Waals surface area contributed by atoms with Gasteiger partial charge in [0.15, 0.2) is 0 Å². The van der Waals surface area contributed by atoms with E-state index < -0.39 is 5.60 Å². The van der Waals surface area contributed by atoms with Crippen molar-refractivity contribution in [3.63, 3.8) is 0 Å². The minimum Gasteiger partial charge on any atom is -0.388 e. The average molecular weight is 507 g/mol. The molecule has 0 radical (unpaired) electrons. The van der Waals surface area contributed by atoms with Crippen LogP contribution in [0.2, 0.25) is 0 Å². The quantitative estimate of drug-likeness (QED) is 0.622. The molecule has 4 aliphatic rings. The first-order chi connectivity index (χ1) is 18.0. The maximum atomic E-state index is 13.9. The van der Waals surface area contributed by atoms with E-state index in [1.165, 1.54) is 5.56 Å². The maximum Gasteiger partial charge on any atom is 0.325 e. The summed E-state index contributed by atoms with van der Waals surface area (Å²) in [6.07, 6.45) is 9.67. The molecule has 37 heavy (non-hydrogen) atoms. The molecule has 2 saturated heterocycles. The number of nitrogens with one attached hydrogen (secondary N) is 1. The molecule has 2 aliphatic carbocycles. The number of aliphatic hydroxyl groups is 1. The summed E-state index contributed by atoms with van der Waals surface area (Å²) in [4.78, 5) is 29.1. The number of anilines is 2. The lowest BCUT2D eigenvalue weighted by Crippen LogP contribution is -2.59. The number of carbonyl (C=O) groups is 1. The Kier molecular flexibility index (Phi) is 6.33. The third-order valence-corrected chi connectivity index (χ3v) is 9.29. The average Bonchev–Trinajstić information content (AvgIpc) is 3.20. The summed E-state index contributed by atoms with van der Waals surface area (Å²) in [5.74, 6) is 0.674. The van der Waals surface area contributed by atoms with Gasteiger partial charge in [0.2, 0.25) is 5.95 Å². The van der Waals surface area contributed by atoms with Crippen LogP contribution in [0.15, 0.2) is 42.7 Å². The van der Waals surface area contributed by atoms with E-state index in [-0.39, 0.29) is 17.1 Å². The SMILES string of the molecule is CN[C@]1(c2ccccc2)CC[C@]2(CC1)CN(c1cnc(N3CCOCC3)nc1)C(=O)N2CC1(O)CCC1. The van der Waals surface area contributed by atoms with Crippen molar-refractivity contribution in [2.45, 2.75) is 61.6 Å². The van der Waals surface area contributed by atoms with Crippen LogP contribution in [-0.2, 0) is 10.3 Å². The zero-order valence-corrected chi connectivity index (χ0v) is 21.7. The molecular weight excluding hydrogens is 468 g/mol. The van der Waals surface area contributed by atoms with Crippen molar-refractivity contribution in [3.05, 3.63) is 48.3 Å². The number of hydrogen-bond donors (Lipinski definition) is 2. The molecule has 1 aromatic carbocycles. The number of carbonyl (C=O) groups excluding carboxylic acids is 1. The molecule has 9 nitrogen and oxygen atoms in total. The molecule has 2 N–H and O–H groups in total. The Hall–Kier alpha value is -2.75. The highest BCUT2D eigenvalue weighted by molar-refractivity contribution is 5.95. The molecule has 2 aromatic rings. The second-order valence-electron chi connectivity index (χ2n) is 11.3. The van der Waals surface area contributed by atoms with E-state index in [1.807, 2.05) is 16.8 Å². The third-order valence-electron chi connectivity index (χ3n) is 9.29. The molecule has 0 unspecified atom stereocenters. The van der Waals surface area contributed by atoms with Crippen molar-refractivity contribution in [2.75, 3.05) is 56.2 Å². The topological polar surface area (TPSA) is 94.1 Å². The standard InChI is InChI=1S/C28H38N6O3/c1-29-28(22-6-3-2-4-7-22)12-10-26(11-13-28)20-33(25(35)34(26)21-27(36)8-5-9-27)23-18-30-24(31-19-23)32-14-16-37-17-15-32/h2-4,6-7,18-19,29,36H,5,8-17,20-21H2,1H3/t26-,28+. The molecule has 198 valence electrons. The lowest BCUT2D eigenvalue weighted by atomic mass is 9.68. The molecule has 2 aliphatic heterocycles. The van der Waals surface area contributed by atoms with Crippen molar-refractivity contribution in [1.82, 2.24) is 20.2 Å². The number of amides is 2. The fraction of sp³-hybridized carbons (Fsp3) is 0.607. The van der Waals surface area contributed by atoms with Gasteiger partial charge in [-0.1, -0.05) is 30.3 Å². The number of nitrogens with zero attached hydrogens (tertiary/aromatic N) is 5. The summed E-state index contributed by atoms with van der Waals surface area (Å²) in [6, 6.07) is 10.6. The van der Waals surface area contributed by atoms with Crippen LogP contribution in [-0.4, -0.2) is 83.6 Å². The minimum atomic E-state index is -0.771. The second-order valence-corrected chi connectivity index (χ2v) is 11.3. The number of ether oxygens (including phenoxy) is 1. The van der Waals surface area contributed by atoms with Gasteiger partial charge in [0.25, 0.3) is 0 Å². The smallest absolute Gasteiger partial charge is 0.325 e. The van der Waals surface area contributed by atoms with Gasteiger partial charge in [-0.25, -0.2) is 14.8 Å². The fourth-order valence-electron chi connectivity index (χ4n) is 6.66. The van der Waals surface area contributed by atoms with E-state index in [0.717, 1.165) is 63.7 Å². The van der Waals surface area contributed by atoms with Crippen LogP contribution in [0.3, 0.4) is 0 Å². The highest BCUT2D eigenvalue weighted by Gasteiger charge is 2.56. The monoisotopic (exact) mass is 506 g/mol. The summed E-state index contributed by atoms with van der Waals surface area (Å²) in [7, 11) is 2.04. The number of aromatic nitrogens is 2. The van der Waals surface area contributed by atoms with E-state index in [1.54, 1.807) is 12.4 Å². The van der Waals surface area contributed by atoms with Crippen molar-refractivity contribution in [2.24, 2.45) is 0 Å². The van der Waals surface area contributed by atoms with Crippen LogP contribution in [0.4, 0.5) is 16.4 Å². The predicted octanol–water partition coefficient (Wildman–Crippen LogP) is 2.90. The summed E-state index contributed by atoms with van der Waals surface area (Å²) in [6.45, 7) is 3.88. The first-order valence-electron chi connectivity index (χ1n) is 13.7. The number of morpholine rings is 1. The summed E-state index contributed by atoms with van der Waals surface area (Å²) in [5.41, 5.74) is 0.820.